The predicted octanol–water partition coefficient (Wildman–Crippen LogP) is 1.49. The minimum atomic E-state index is -2.68. The highest BCUT2D eigenvalue weighted by Gasteiger charge is 2.22. The van der Waals surface area contributed by atoms with Crippen LogP contribution in [0.5, 0.6) is 0 Å². The summed E-state index contributed by atoms with van der Waals surface area (Å²) in [6.07, 6.45) is -6.36. The molecule has 94 valence electrons. The van der Waals surface area contributed by atoms with Gasteiger partial charge in [-0.05, 0) is 11.6 Å². The average molecular weight is 246 g/mol. The summed E-state index contributed by atoms with van der Waals surface area (Å²) >= 11 is 0. The average Bonchev–Trinajstić information content (AvgIpc) is 2.27. The third kappa shape index (κ3) is 3.76. The van der Waals surface area contributed by atoms with Crippen LogP contribution < -0.4 is 0 Å². The first kappa shape index (κ1) is 13.5. The molecule has 0 radical (unpaired) electrons. The van der Waals surface area contributed by atoms with Crippen LogP contribution in [0.1, 0.15) is 30.1 Å². The van der Waals surface area contributed by atoms with E-state index < -0.39 is 31.0 Å². The molecule has 0 amide bonds. The van der Waals surface area contributed by atoms with Crippen LogP contribution in [-0.4, -0.2) is 27.4 Å². The molecule has 0 saturated heterocycles. The van der Waals surface area contributed by atoms with Crippen molar-refractivity contribution in [2.45, 2.75) is 25.1 Å². The van der Waals surface area contributed by atoms with Gasteiger partial charge in [-0.3, -0.25) is 4.79 Å². The molecule has 0 spiro atoms. The molecule has 0 aliphatic carbocycles. The maximum atomic E-state index is 12.4. The summed E-state index contributed by atoms with van der Waals surface area (Å²) in [7, 11) is 0. The highest BCUT2D eigenvalue weighted by atomic mass is 19.3. The van der Waals surface area contributed by atoms with E-state index in [0.717, 1.165) is 6.07 Å². The van der Waals surface area contributed by atoms with Crippen LogP contribution >= 0.6 is 0 Å². The number of alkyl halides is 2. The number of aliphatic hydroxyl groups is 2. The first-order valence-corrected chi connectivity index (χ1v) is 4.87. The molecule has 2 atom stereocenters. The lowest BCUT2D eigenvalue weighted by molar-refractivity contribution is -0.141. The van der Waals surface area contributed by atoms with Crippen LogP contribution in [0.4, 0.5) is 8.78 Å². The lowest BCUT2D eigenvalue weighted by Gasteiger charge is -2.17. The van der Waals surface area contributed by atoms with Crippen LogP contribution in [0.25, 0.3) is 0 Å². The molecule has 1 aromatic rings. The van der Waals surface area contributed by atoms with Crippen LogP contribution in [0.2, 0.25) is 0 Å². The summed E-state index contributed by atoms with van der Waals surface area (Å²) < 4.78 is 24.8. The minimum Gasteiger partial charge on any atom is -0.481 e. The van der Waals surface area contributed by atoms with E-state index in [1.165, 1.54) is 18.2 Å². The molecule has 0 fully saturated rings. The standard InChI is InChI=1S/C11H12F2O4/c12-11(13)7-3-1-2-6(4-7)10(17)8(14)5-9(15)16/h1-4,8,10-11,14,17H,5H2,(H,15,16). The number of carbonyl (C=O) groups is 1. The van der Waals surface area contributed by atoms with Gasteiger partial charge in [-0.15, -0.1) is 0 Å². The lowest BCUT2D eigenvalue weighted by atomic mass is 10.0. The number of benzene rings is 1. The Kier molecular flexibility index (Phi) is 4.53. The molecule has 17 heavy (non-hydrogen) atoms. The first-order chi connectivity index (χ1) is 7.91. The summed E-state index contributed by atoms with van der Waals surface area (Å²) in [4.78, 5) is 10.3. The fraction of sp³-hybridized carbons (Fsp3) is 0.364. The molecule has 0 aromatic heterocycles. The molecule has 1 rings (SSSR count). The number of aliphatic hydroxyl groups excluding tert-OH is 2. The molecule has 4 nitrogen and oxygen atoms in total. The maximum absolute atomic E-state index is 12.4. The third-order valence-electron chi connectivity index (χ3n) is 2.25. The molecule has 0 bridgehead atoms. The van der Waals surface area contributed by atoms with Gasteiger partial charge >= 0.3 is 5.97 Å². The summed E-state index contributed by atoms with van der Waals surface area (Å²) in [6, 6.07) is 4.89. The molecular formula is C11H12F2O4. The quantitative estimate of drug-likeness (QED) is 0.735. The van der Waals surface area contributed by atoms with E-state index in [1.54, 1.807) is 0 Å². The fourth-order valence-corrected chi connectivity index (χ4v) is 1.39. The van der Waals surface area contributed by atoms with Gasteiger partial charge in [0.15, 0.2) is 0 Å². The molecule has 3 N–H and O–H groups in total. The van der Waals surface area contributed by atoms with E-state index in [1.807, 2.05) is 0 Å². The largest absolute Gasteiger partial charge is 0.481 e. The van der Waals surface area contributed by atoms with E-state index in [4.69, 9.17) is 5.11 Å². The number of hydrogen-bond acceptors (Lipinski definition) is 3. The van der Waals surface area contributed by atoms with Crippen molar-refractivity contribution < 1.29 is 28.9 Å². The molecule has 0 saturated carbocycles. The summed E-state index contributed by atoms with van der Waals surface area (Å²) in [5.74, 6) is -1.28. The van der Waals surface area contributed by atoms with Crippen molar-refractivity contribution in [1.29, 1.82) is 0 Å². The molecule has 0 aliphatic rings. The van der Waals surface area contributed by atoms with Gasteiger partial charge in [0.1, 0.15) is 6.10 Å². The summed E-state index contributed by atoms with van der Waals surface area (Å²) in [5.41, 5.74) is -0.222. The van der Waals surface area contributed by atoms with Gasteiger partial charge in [0, 0.05) is 5.56 Å². The van der Waals surface area contributed by atoms with Crippen LogP contribution in [0.15, 0.2) is 24.3 Å². The van der Waals surface area contributed by atoms with Crippen molar-refractivity contribution in [3.63, 3.8) is 0 Å². The summed E-state index contributed by atoms with van der Waals surface area (Å²) in [6.45, 7) is 0. The molecule has 1 aromatic carbocycles. The van der Waals surface area contributed by atoms with E-state index in [9.17, 15) is 23.8 Å². The van der Waals surface area contributed by atoms with Gasteiger partial charge in [-0.1, -0.05) is 18.2 Å². The number of carboxylic acids is 1. The van der Waals surface area contributed by atoms with Gasteiger partial charge in [0.2, 0.25) is 0 Å². The Bertz CT molecular complexity index is 395. The maximum Gasteiger partial charge on any atom is 0.306 e. The Balaban J connectivity index is 2.84. The first-order valence-electron chi connectivity index (χ1n) is 4.87. The number of hydrogen-bond donors (Lipinski definition) is 3. The fourth-order valence-electron chi connectivity index (χ4n) is 1.39. The summed E-state index contributed by atoms with van der Waals surface area (Å²) in [5, 5.41) is 27.4. The van der Waals surface area contributed by atoms with Crippen LogP contribution in [0.3, 0.4) is 0 Å². The third-order valence-corrected chi connectivity index (χ3v) is 2.25. The van der Waals surface area contributed by atoms with E-state index >= 15 is 0 Å². The normalized spacial score (nSPS) is 14.6. The van der Waals surface area contributed by atoms with Crippen molar-refractivity contribution in [3.8, 4) is 0 Å². The Morgan fingerprint density at radius 3 is 2.35 bits per heavy atom. The van der Waals surface area contributed by atoms with E-state index in [0.29, 0.717) is 0 Å². The Hall–Kier alpha value is -1.53. The van der Waals surface area contributed by atoms with Crippen molar-refractivity contribution in [1.82, 2.24) is 0 Å². The Morgan fingerprint density at radius 2 is 1.82 bits per heavy atom. The molecule has 0 aliphatic heterocycles. The Morgan fingerprint density at radius 1 is 1.24 bits per heavy atom. The van der Waals surface area contributed by atoms with Crippen molar-refractivity contribution in [2.24, 2.45) is 0 Å². The zero-order chi connectivity index (χ0) is 13.0. The number of rotatable bonds is 5. The van der Waals surface area contributed by atoms with E-state index in [-0.39, 0.29) is 11.1 Å². The smallest absolute Gasteiger partial charge is 0.306 e. The second-order valence-electron chi connectivity index (χ2n) is 3.58. The zero-order valence-corrected chi connectivity index (χ0v) is 8.75. The number of aliphatic carboxylic acids is 1. The van der Waals surface area contributed by atoms with Crippen molar-refractivity contribution >= 4 is 5.97 Å². The second-order valence-corrected chi connectivity index (χ2v) is 3.58. The molecule has 2 unspecified atom stereocenters. The Labute approximate surface area is 96.1 Å². The van der Waals surface area contributed by atoms with Crippen LogP contribution in [0, 0.1) is 0 Å². The predicted molar refractivity (Wildman–Crippen MR) is 54.6 cm³/mol. The van der Waals surface area contributed by atoms with Gasteiger partial charge in [0.05, 0.1) is 12.5 Å². The lowest BCUT2D eigenvalue weighted by Crippen LogP contribution is -2.21. The molecule has 0 heterocycles. The number of carboxylic acid groups (broad SMARTS) is 1. The SMILES string of the molecule is O=C(O)CC(O)C(O)c1cccc(C(F)F)c1. The van der Waals surface area contributed by atoms with E-state index in [2.05, 4.69) is 0 Å². The number of halogens is 2. The van der Waals surface area contributed by atoms with Crippen LogP contribution in [-0.2, 0) is 4.79 Å². The highest BCUT2D eigenvalue weighted by Crippen LogP contribution is 2.24. The zero-order valence-electron chi connectivity index (χ0n) is 8.75. The highest BCUT2D eigenvalue weighted by molar-refractivity contribution is 5.67. The monoisotopic (exact) mass is 246 g/mol. The molecular weight excluding hydrogens is 234 g/mol. The van der Waals surface area contributed by atoms with Gasteiger partial charge < -0.3 is 15.3 Å². The minimum absolute atomic E-state index is 0.0663. The van der Waals surface area contributed by atoms with Gasteiger partial charge in [-0.25, -0.2) is 8.78 Å². The molecule has 6 heteroatoms. The van der Waals surface area contributed by atoms with Crippen molar-refractivity contribution in [3.05, 3.63) is 35.4 Å². The van der Waals surface area contributed by atoms with Crippen molar-refractivity contribution in [2.75, 3.05) is 0 Å². The topological polar surface area (TPSA) is 77.8 Å². The second kappa shape index (κ2) is 5.70. The van der Waals surface area contributed by atoms with Gasteiger partial charge in [0.25, 0.3) is 6.43 Å². The van der Waals surface area contributed by atoms with Gasteiger partial charge in [-0.2, -0.15) is 0 Å².